The number of anilines is 1. The first-order valence-corrected chi connectivity index (χ1v) is 9.97. The Kier molecular flexibility index (Phi) is 4.69. The van der Waals surface area contributed by atoms with Crippen LogP contribution in [0.15, 0.2) is 24.3 Å². The molecule has 1 aromatic carbocycles. The van der Waals surface area contributed by atoms with Crippen molar-refractivity contribution in [3.05, 3.63) is 29.8 Å². The number of rotatable bonds is 4. The Labute approximate surface area is 164 Å². The van der Waals surface area contributed by atoms with Crippen LogP contribution in [-0.4, -0.2) is 47.2 Å². The highest BCUT2D eigenvalue weighted by molar-refractivity contribution is 6.11. The minimum absolute atomic E-state index is 0.0884. The van der Waals surface area contributed by atoms with Crippen LogP contribution in [0.25, 0.3) is 0 Å². The third-order valence-corrected chi connectivity index (χ3v) is 6.25. The summed E-state index contributed by atoms with van der Waals surface area (Å²) in [5.41, 5.74) is 0.364. The molecule has 2 aliphatic heterocycles. The fourth-order valence-corrected chi connectivity index (χ4v) is 4.40. The summed E-state index contributed by atoms with van der Waals surface area (Å²) in [5.74, 6) is 0.0681. The van der Waals surface area contributed by atoms with Crippen LogP contribution in [0.4, 0.5) is 10.5 Å². The molecule has 28 heavy (non-hydrogen) atoms. The molecule has 0 bridgehead atoms. The van der Waals surface area contributed by atoms with Gasteiger partial charge < -0.3 is 10.2 Å². The predicted molar refractivity (Wildman–Crippen MR) is 103 cm³/mol. The second kappa shape index (κ2) is 7.04. The lowest BCUT2D eigenvalue weighted by atomic mass is 9.77. The Hall–Kier alpha value is -2.70. The lowest BCUT2D eigenvalue weighted by Gasteiger charge is -2.33. The molecule has 0 atom stereocenters. The number of carbonyl (C=O) groups is 4. The smallest absolute Gasteiger partial charge is 0.323 e. The number of urea groups is 1. The molecule has 148 valence electrons. The van der Waals surface area contributed by atoms with Crippen molar-refractivity contribution in [2.75, 3.05) is 18.0 Å². The molecular weight excluding hydrogens is 358 g/mol. The van der Waals surface area contributed by atoms with Crippen LogP contribution in [0.3, 0.4) is 0 Å². The molecule has 1 N–H and O–H groups in total. The summed E-state index contributed by atoms with van der Waals surface area (Å²) in [5, 5.41) is 2.84. The van der Waals surface area contributed by atoms with Crippen LogP contribution in [0.5, 0.6) is 0 Å². The van der Waals surface area contributed by atoms with Crippen molar-refractivity contribution in [1.82, 2.24) is 10.2 Å². The van der Waals surface area contributed by atoms with Crippen LogP contribution < -0.4 is 10.2 Å². The molecule has 2 heterocycles. The van der Waals surface area contributed by atoms with Gasteiger partial charge in [-0.1, -0.05) is 6.92 Å². The summed E-state index contributed by atoms with van der Waals surface area (Å²) in [6, 6.07) is 6.31. The van der Waals surface area contributed by atoms with Crippen LogP contribution in [0.1, 0.15) is 55.8 Å². The number of nitrogens with zero attached hydrogens (tertiary/aromatic N) is 2. The second-order valence-corrected chi connectivity index (χ2v) is 8.21. The molecule has 7 nitrogen and oxygen atoms in total. The Morgan fingerprint density at radius 1 is 1.14 bits per heavy atom. The zero-order valence-electron chi connectivity index (χ0n) is 16.1. The lowest BCUT2D eigenvalue weighted by molar-refractivity contribution is -0.132. The minimum atomic E-state index is -0.830. The number of amides is 4. The van der Waals surface area contributed by atoms with Gasteiger partial charge >= 0.3 is 6.03 Å². The van der Waals surface area contributed by atoms with E-state index in [2.05, 4.69) is 12.2 Å². The number of benzene rings is 1. The Bertz CT molecular complexity index is 825. The molecule has 0 unspecified atom stereocenters. The van der Waals surface area contributed by atoms with Crippen LogP contribution in [0, 0.1) is 5.92 Å². The molecule has 1 aliphatic carbocycles. The molecule has 1 spiro atoms. The SMILES string of the molecule is CC1CCC2(CC1)NC(=O)N(CC(=O)c1ccc(N3CCCC3=O)cc1)C2=O. The number of imide groups is 1. The van der Waals surface area contributed by atoms with E-state index in [9.17, 15) is 19.2 Å². The van der Waals surface area contributed by atoms with Gasteiger partial charge in [0.2, 0.25) is 5.91 Å². The number of ketones is 1. The molecule has 4 amide bonds. The van der Waals surface area contributed by atoms with Gasteiger partial charge in [-0.3, -0.25) is 19.3 Å². The van der Waals surface area contributed by atoms with E-state index in [0.717, 1.165) is 29.8 Å². The van der Waals surface area contributed by atoms with E-state index in [0.29, 0.717) is 37.3 Å². The molecule has 0 aromatic heterocycles. The van der Waals surface area contributed by atoms with Crippen LogP contribution >= 0.6 is 0 Å². The normalized spacial score (nSPS) is 27.6. The Morgan fingerprint density at radius 2 is 1.82 bits per heavy atom. The maximum Gasteiger partial charge on any atom is 0.325 e. The summed E-state index contributed by atoms with van der Waals surface area (Å²) in [4.78, 5) is 52.5. The standard InChI is InChI=1S/C21H25N3O4/c1-14-8-10-21(11-9-14)19(27)24(20(28)22-21)13-17(25)15-4-6-16(7-5-15)23-12-2-3-18(23)26/h4-7,14H,2-3,8-13H2,1H3,(H,22,28). The Balaban J connectivity index is 1.44. The van der Waals surface area contributed by atoms with Crippen molar-refractivity contribution in [2.24, 2.45) is 5.92 Å². The van der Waals surface area contributed by atoms with Crippen molar-refractivity contribution in [3.8, 4) is 0 Å². The quantitative estimate of drug-likeness (QED) is 0.639. The van der Waals surface area contributed by atoms with Gasteiger partial charge in [0.1, 0.15) is 5.54 Å². The highest BCUT2D eigenvalue weighted by atomic mass is 16.2. The fraction of sp³-hybridized carbons (Fsp3) is 0.524. The van der Waals surface area contributed by atoms with Gasteiger partial charge in [0.25, 0.3) is 5.91 Å². The first-order chi connectivity index (χ1) is 13.4. The molecular formula is C21H25N3O4. The predicted octanol–water partition coefficient (Wildman–Crippen LogP) is 2.50. The second-order valence-electron chi connectivity index (χ2n) is 8.21. The zero-order chi connectivity index (χ0) is 19.9. The first kappa shape index (κ1) is 18.7. The molecule has 4 rings (SSSR count). The summed E-state index contributed by atoms with van der Waals surface area (Å²) in [6.45, 7) is 2.58. The molecule has 0 radical (unpaired) electrons. The number of nitrogens with one attached hydrogen (secondary N) is 1. The highest BCUT2D eigenvalue weighted by Gasteiger charge is 2.52. The topological polar surface area (TPSA) is 86.8 Å². The number of hydrogen-bond acceptors (Lipinski definition) is 4. The summed E-state index contributed by atoms with van der Waals surface area (Å²) < 4.78 is 0. The van der Waals surface area contributed by atoms with Crippen molar-refractivity contribution in [3.63, 3.8) is 0 Å². The third kappa shape index (κ3) is 3.19. The van der Waals surface area contributed by atoms with Gasteiger partial charge in [0.05, 0.1) is 6.54 Å². The van der Waals surface area contributed by atoms with Crippen LogP contribution in [0.2, 0.25) is 0 Å². The van der Waals surface area contributed by atoms with E-state index in [1.165, 1.54) is 0 Å². The largest absolute Gasteiger partial charge is 0.325 e. The van der Waals surface area contributed by atoms with Gasteiger partial charge in [0, 0.05) is 24.2 Å². The van der Waals surface area contributed by atoms with Crippen molar-refractivity contribution in [1.29, 1.82) is 0 Å². The van der Waals surface area contributed by atoms with Gasteiger partial charge in [-0.05, 0) is 62.3 Å². The lowest BCUT2D eigenvalue weighted by Crippen LogP contribution is -2.49. The van der Waals surface area contributed by atoms with E-state index in [-0.39, 0.29) is 24.1 Å². The van der Waals surface area contributed by atoms with Gasteiger partial charge in [0.15, 0.2) is 5.78 Å². The molecule has 2 saturated heterocycles. The minimum Gasteiger partial charge on any atom is -0.323 e. The monoisotopic (exact) mass is 383 g/mol. The maximum absolute atomic E-state index is 12.9. The van der Waals surface area contributed by atoms with E-state index >= 15 is 0 Å². The number of carbonyl (C=O) groups excluding carboxylic acids is 4. The average Bonchev–Trinajstić information content (AvgIpc) is 3.21. The van der Waals surface area contributed by atoms with E-state index in [1.54, 1.807) is 29.2 Å². The average molecular weight is 383 g/mol. The van der Waals surface area contributed by atoms with Gasteiger partial charge in [-0.25, -0.2) is 4.79 Å². The fourth-order valence-electron chi connectivity index (χ4n) is 4.40. The van der Waals surface area contributed by atoms with E-state index in [4.69, 9.17) is 0 Å². The van der Waals surface area contributed by atoms with Crippen molar-refractivity contribution < 1.29 is 19.2 Å². The zero-order valence-corrected chi connectivity index (χ0v) is 16.1. The summed E-state index contributed by atoms with van der Waals surface area (Å²) in [7, 11) is 0. The molecule has 3 fully saturated rings. The highest BCUT2D eigenvalue weighted by Crippen LogP contribution is 2.36. The maximum atomic E-state index is 12.9. The number of Topliss-reactive ketones (excluding diaryl/α,β-unsaturated/α-hetero) is 1. The molecule has 1 saturated carbocycles. The molecule has 1 aromatic rings. The van der Waals surface area contributed by atoms with Gasteiger partial charge in [-0.15, -0.1) is 0 Å². The molecule has 7 heteroatoms. The van der Waals surface area contributed by atoms with Gasteiger partial charge in [-0.2, -0.15) is 0 Å². The van der Waals surface area contributed by atoms with E-state index < -0.39 is 11.6 Å². The summed E-state index contributed by atoms with van der Waals surface area (Å²) >= 11 is 0. The Morgan fingerprint density at radius 3 is 2.43 bits per heavy atom. The van der Waals surface area contributed by atoms with Crippen molar-refractivity contribution in [2.45, 2.75) is 51.0 Å². The first-order valence-electron chi connectivity index (χ1n) is 9.97. The van der Waals surface area contributed by atoms with Crippen molar-refractivity contribution >= 4 is 29.3 Å². The summed E-state index contributed by atoms with van der Waals surface area (Å²) in [6.07, 6.45) is 4.43. The third-order valence-electron chi connectivity index (χ3n) is 6.25. The molecule has 3 aliphatic rings. The van der Waals surface area contributed by atoms with E-state index in [1.807, 2.05) is 0 Å². The number of hydrogen-bond donors (Lipinski definition) is 1. The van der Waals surface area contributed by atoms with Crippen LogP contribution in [-0.2, 0) is 9.59 Å².